The highest BCUT2D eigenvalue weighted by Crippen LogP contribution is 2.22. The fourth-order valence-corrected chi connectivity index (χ4v) is 1.90. The van der Waals surface area contributed by atoms with Crippen LogP contribution in [0.4, 0.5) is 5.69 Å². The standard InChI is InChI=1S/C17H15N3O7/c1-26-16(22)10-27-13-5-2-11(3-6-13)9-18-19-17(23)14-8-12(20(24)25)4-7-15(14)21/h2-9,21H,10H2,1H3,(H,19,23). The van der Waals surface area contributed by atoms with E-state index in [1.54, 1.807) is 24.3 Å². The fraction of sp³-hybridized carbons (Fsp3) is 0.118. The molecular formula is C17H15N3O7. The molecule has 0 aliphatic heterocycles. The summed E-state index contributed by atoms with van der Waals surface area (Å²) in [6.45, 7) is -0.216. The van der Waals surface area contributed by atoms with Gasteiger partial charge in [-0.2, -0.15) is 5.10 Å². The average Bonchev–Trinajstić information content (AvgIpc) is 2.67. The van der Waals surface area contributed by atoms with Crippen molar-refractivity contribution in [3.8, 4) is 11.5 Å². The second-order valence-corrected chi connectivity index (χ2v) is 5.09. The lowest BCUT2D eigenvalue weighted by atomic mass is 10.1. The lowest BCUT2D eigenvalue weighted by molar-refractivity contribution is -0.384. The number of benzene rings is 2. The van der Waals surface area contributed by atoms with Crippen molar-refractivity contribution < 1.29 is 29.1 Å². The van der Waals surface area contributed by atoms with E-state index in [-0.39, 0.29) is 17.9 Å². The first kappa shape index (κ1) is 19.4. The van der Waals surface area contributed by atoms with Crippen LogP contribution in [-0.4, -0.2) is 41.8 Å². The first-order valence-electron chi connectivity index (χ1n) is 7.51. The molecule has 0 fully saturated rings. The van der Waals surface area contributed by atoms with Gasteiger partial charge in [0.1, 0.15) is 11.5 Å². The van der Waals surface area contributed by atoms with Gasteiger partial charge in [-0.05, 0) is 35.9 Å². The van der Waals surface area contributed by atoms with Crippen molar-refractivity contribution in [2.45, 2.75) is 0 Å². The van der Waals surface area contributed by atoms with Crippen molar-refractivity contribution in [2.24, 2.45) is 5.10 Å². The molecule has 1 amide bonds. The van der Waals surface area contributed by atoms with Gasteiger partial charge in [0, 0.05) is 12.1 Å². The van der Waals surface area contributed by atoms with Gasteiger partial charge in [-0.3, -0.25) is 14.9 Å². The molecule has 140 valence electrons. The number of nitrogens with zero attached hydrogens (tertiary/aromatic N) is 2. The Hall–Kier alpha value is -3.95. The number of esters is 1. The summed E-state index contributed by atoms with van der Waals surface area (Å²) in [5, 5.41) is 24.1. The normalized spacial score (nSPS) is 10.4. The third kappa shape index (κ3) is 5.53. The molecule has 0 unspecified atom stereocenters. The molecule has 0 bridgehead atoms. The van der Waals surface area contributed by atoms with E-state index in [9.17, 15) is 24.8 Å². The number of nitro benzene ring substituents is 1. The molecule has 2 N–H and O–H groups in total. The molecule has 0 heterocycles. The molecule has 0 saturated carbocycles. The van der Waals surface area contributed by atoms with Gasteiger partial charge in [-0.1, -0.05) is 0 Å². The summed E-state index contributed by atoms with van der Waals surface area (Å²) in [5.74, 6) is -1.26. The number of carbonyl (C=O) groups is 2. The van der Waals surface area contributed by atoms with Crippen LogP contribution >= 0.6 is 0 Å². The summed E-state index contributed by atoms with van der Waals surface area (Å²) < 4.78 is 9.64. The van der Waals surface area contributed by atoms with E-state index in [1.807, 2.05) is 0 Å². The summed E-state index contributed by atoms with van der Waals surface area (Å²) in [6.07, 6.45) is 1.33. The minimum atomic E-state index is -0.800. The van der Waals surface area contributed by atoms with Crippen LogP contribution in [0, 0.1) is 10.1 Å². The zero-order valence-electron chi connectivity index (χ0n) is 14.1. The van der Waals surface area contributed by atoms with Crippen molar-refractivity contribution in [3.63, 3.8) is 0 Å². The van der Waals surface area contributed by atoms with Crippen LogP contribution in [0.2, 0.25) is 0 Å². The Kier molecular flexibility index (Phi) is 6.42. The van der Waals surface area contributed by atoms with E-state index < -0.39 is 22.5 Å². The van der Waals surface area contributed by atoms with Crippen LogP contribution in [0.3, 0.4) is 0 Å². The lowest BCUT2D eigenvalue weighted by Crippen LogP contribution is -2.18. The Morgan fingerprint density at radius 3 is 2.59 bits per heavy atom. The number of non-ortho nitro benzene ring substituents is 1. The highest BCUT2D eigenvalue weighted by molar-refractivity contribution is 5.98. The number of rotatable bonds is 7. The number of hydrazone groups is 1. The van der Waals surface area contributed by atoms with E-state index in [2.05, 4.69) is 15.3 Å². The number of hydrogen-bond donors (Lipinski definition) is 2. The molecule has 0 atom stereocenters. The maximum Gasteiger partial charge on any atom is 0.343 e. The van der Waals surface area contributed by atoms with Crippen LogP contribution in [0.5, 0.6) is 11.5 Å². The minimum absolute atomic E-state index is 0.216. The Labute approximate surface area is 153 Å². The topological polar surface area (TPSA) is 140 Å². The first-order valence-corrected chi connectivity index (χ1v) is 7.51. The van der Waals surface area contributed by atoms with Crippen molar-refractivity contribution >= 4 is 23.8 Å². The fourth-order valence-electron chi connectivity index (χ4n) is 1.90. The van der Waals surface area contributed by atoms with E-state index in [0.29, 0.717) is 11.3 Å². The van der Waals surface area contributed by atoms with Crippen molar-refractivity contribution in [1.29, 1.82) is 0 Å². The molecule has 2 rings (SSSR count). The number of phenolic OH excluding ortho intramolecular Hbond substituents is 1. The Morgan fingerprint density at radius 1 is 1.26 bits per heavy atom. The Bertz CT molecular complexity index is 879. The highest BCUT2D eigenvalue weighted by Gasteiger charge is 2.16. The largest absolute Gasteiger partial charge is 0.507 e. The molecule has 0 aromatic heterocycles. The molecule has 2 aromatic rings. The summed E-state index contributed by atoms with van der Waals surface area (Å²) in [4.78, 5) is 33.0. The molecule has 2 aromatic carbocycles. The Morgan fingerprint density at radius 2 is 1.96 bits per heavy atom. The van der Waals surface area contributed by atoms with Gasteiger partial charge >= 0.3 is 5.97 Å². The SMILES string of the molecule is COC(=O)COc1ccc(C=NNC(=O)c2cc([N+](=O)[O-])ccc2O)cc1. The molecule has 10 heteroatoms. The van der Waals surface area contributed by atoms with Crippen LogP contribution in [0.1, 0.15) is 15.9 Å². The molecule has 0 radical (unpaired) electrons. The molecule has 10 nitrogen and oxygen atoms in total. The summed E-state index contributed by atoms with van der Waals surface area (Å²) in [6, 6.07) is 9.55. The Balaban J connectivity index is 1.97. The van der Waals surface area contributed by atoms with Gasteiger partial charge in [-0.25, -0.2) is 10.2 Å². The zero-order valence-corrected chi connectivity index (χ0v) is 14.1. The predicted octanol–water partition coefficient (Wildman–Crippen LogP) is 1.62. The highest BCUT2D eigenvalue weighted by atomic mass is 16.6. The zero-order chi connectivity index (χ0) is 19.8. The van der Waals surface area contributed by atoms with E-state index >= 15 is 0 Å². The number of methoxy groups -OCH3 is 1. The average molecular weight is 373 g/mol. The molecule has 0 spiro atoms. The van der Waals surface area contributed by atoms with Crippen LogP contribution < -0.4 is 10.2 Å². The number of ether oxygens (including phenoxy) is 2. The summed E-state index contributed by atoms with van der Waals surface area (Å²) in [7, 11) is 1.26. The molecule has 0 saturated heterocycles. The number of phenols is 1. The van der Waals surface area contributed by atoms with Gasteiger partial charge in [0.05, 0.1) is 23.8 Å². The second kappa shape index (κ2) is 8.94. The monoisotopic (exact) mass is 373 g/mol. The van der Waals surface area contributed by atoms with Gasteiger partial charge in [0.2, 0.25) is 0 Å². The summed E-state index contributed by atoms with van der Waals surface area (Å²) in [5.41, 5.74) is 2.19. The number of hydrogen-bond acceptors (Lipinski definition) is 8. The molecule has 0 aliphatic carbocycles. The smallest absolute Gasteiger partial charge is 0.343 e. The first-order chi connectivity index (χ1) is 12.9. The second-order valence-electron chi connectivity index (χ2n) is 5.09. The van der Waals surface area contributed by atoms with Crippen LogP contribution in [-0.2, 0) is 9.53 Å². The van der Waals surface area contributed by atoms with Crippen LogP contribution in [0.15, 0.2) is 47.6 Å². The molecule has 0 aliphatic rings. The van der Waals surface area contributed by atoms with E-state index in [1.165, 1.54) is 13.3 Å². The third-order valence-corrected chi connectivity index (χ3v) is 3.28. The molecule has 27 heavy (non-hydrogen) atoms. The summed E-state index contributed by atoms with van der Waals surface area (Å²) >= 11 is 0. The number of amides is 1. The van der Waals surface area contributed by atoms with Crippen LogP contribution in [0.25, 0.3) is 0 Å². The van der Waals surface area contributed by atoms with Gasteiger partial charge in [0.25, 0.3) is 11.6 Å². The minimum Gasteiger partial charge on any atom is -0.507 e. The number of nitrogens with one attached hydrogen (secondary N) is 1. The van der Waals surface area contributed by atoms with E-state index in [0.717, 1.165) is 18.2 Å². The number of aromatic hydroxyl groups is 1. The van der Waals surface area contributed by atoms with Crippen molar-refractivity contribution in [3.05, 3.63) is 63.7 Å². The van der Waals surface area contributed by atoms with Gasteiger partial charge in [-0.15, -0.1) is 0 Å². The lowest BCUT2D eigenvalue weighted by Gasteiger charge is -2.05. The number of carbonyl (C=O) groups excluding carboxylic acids is 2. The maximum absolute atomic E-state index is 12.0. The van der Waals surface area contributed by atoms with Gasteiger partial charge < -0.3 is 14.6 Å². The van der Waals surface area contributed by atoms with Crippen molar-refractivity contribution in [2.75, 3.05) is 13.7 Å². The molecular weight excluding hydrogens is 358 g/mol. The predicted molar refractivity (Wildman–Crippen MR) is 93.8 cm³/mol. The third-order valence-electron chi connectivity index (χ3n) is 3.28. The quantitative estimate of drug-likeness (QED) is 0.325. The van der Waals surface area contributed by atoms with Gasteiger partial charge in [0.15, 0.2) is 6.61 Å². The van der Waals surface area contributed by atoms with Crippen molar-refractivity contribution in [1.82, 2.24) is 5.43 Å². The van der Waals surface area contributed by atoms with E-state index in [4.69, 9.17) is 4.74 Å². The maximum atomic E-state index is 12.0. The number of nitro groups is 1.